The smallest absolute Gasteiger partial charge is 0.421 e. The van der Waals surface area contributed by atoms with Gasteiger partial charge in [0.15, 0.2) is 0 Å². The van der Waals surface area contributed by atoms with E-state index >= 15 is 0 Å². The molecule has 0 saturated heterocycles. The first kappa shape index (κ1) is 28.3. The summed E-state index contributed by atoms with van der Waals surface area (Å²) in [5.74, 6) is -14.6. The van der Waals surface area contributed by atoms with Crippen LogP contribution >= 0.6 is 0 Å². The number of rotatable bonds is 11. The fourth-order valence-electron chi connectivity index (χ4n) is 2.08. The van der Waals surface area contributed by atoms with Crippen molar-refractivity contribution in [3.8, 4) is 5.75 Å². The van der Waals surface area contributed by atoms with Crippen molar-refractivity contribution in [2.45, 2.75) is 36.0 Å². The van der Waals surface area contributed by atoms with E-state index in [0.717, 1.165) is 12.1 Å². The zero-order chi connectivity index (χ0) is 25.7. The molecule has 0 aliphatic heterocycles. The average molecular weight is 512 g/mol. The Morgan fingerprint density at radius 2 is 1.58 bits per heavy atom. The zero-order valence-electron chi connectivity index (χ0n) is 16.2. The van der Waals surface area contributed by atoms with Crippen LogP contribution in [0.15, 0.2) is 43.0 Å². The topological polar surface area (TPSA) is 116 Å². The van der Waals surface area contributed by atoms with E-state index in [2.05, 4.69) is 20.8 Å². The number of halogens is 7. The van der Waals surface area contributed by atoms with Crippen molar-refractivity contribution in [3.05, 3.63) is 43.0 Å². The van der Waals surface area contributed by atoms with Crippen LogP contribution in [0.1, 0.15) is 12.8 Å². The lowest BCUT2D eigenvalue weighted by molar-refractivity contribution is -0.352. The van der Waals surface area contributed by atoms with E-state index in [4.69, 9.17) is 4.55 Å². The standard InChI is InChI=1S/C17H15F7O8S/c1-2-12(25)32-15(16(20,21)22,13(26)31-11-7-4-3-5-8-11)30-10-6-9-14(18,19)17(23,24)33(27,28)29/h2-5,7-8H,1,6,9-10H2,(H,27,28,29). The third-order valence-electron chi connectivity index (χ3n) is 3.70. The van der Waals surface area contributed by atoms with Crippen LogP contribution in [0, 0.1) is 0 Å². The molecule has 0 fully saturated rings. The summed E-state index contributed by atoms with van der Waals surface area (Å²) in [6.07, 6.45) is -9.18. The summed E-state index contributed by atoms with van der Waals surface area (Å²) < 4.78 is 136. The molecule has 16 heteroatoms. The van der Waals surface area contributed by atoms with Gasteiger partial charge < -0.3 is 14.2 Å². The van der Waals surface area contributed by atoms with Gasteiger partial charge in [0.1, 0.15) is 5.75 Å². The fourth-order valence-corrected chi connectivity index (χ4v) is 2.56. The third kappa shape index (κ3) is 6.42. The zero-order valence-corrected chi connectivity index (χ0v) is 17.0. The van der Waals surface area contributed by atoms with Crippen molar-refractivity contribution in [1.82, 2.24) is 0 Å². The van der Waals surface area contributed by atoms with Gasteiger partial charge in [0.2, 0.25) is 0 Å². The average Bonchev–Trinajstić information content (AvgIpc) is 2.68. The summed E-state index contributed by atoms with van der Waals surface area (Å²) in [6, 6.07) is 5.99. The summed E-state index contributed by atoms with van der Waals surface area (Å²) in [6.45, 7) is 1.26. The largest absolute Gasteiger partial charge is 0.468 e. The van der Waals surface area contributed by atoms with Gasteiger partial charge in [-0.05, 0) is 18.6 Å². The van der Waals surface area contributed by atoms with Crippen LogP contribution in [-0.4, -0.2) is 54.7 Å². The molecule has 1 atom stereocenters. The Labute approximate surface area is 181 Å². The first-order valence-corrected chi connectivity index (χ1v) is 9.91. The molecule has 1 unspecified atom stereocenters. The van der Waals surface area contributed by atoms with Crippen molar-refractivity contribution in [1.29, 1.82) is 0 Å². The van der Waals surface area contributed by atoms with Crippen LogP contribution in [0.25, 0.3) is 0 Å². The maximum atomic E-state index is 13.7. The van der Waals surface area contributed by atoms with E-state index in [1.165, 1.54) is 18.2 Å². The molecular weight excluding hydrogens is 497 g/mol. The van der Waals surface area contributed by atoms with Gasteiger partial charge in [-0.15, -0.1) is 0 Å². The minimum atomic E-state index is -6.57. The highest BCUT2D eigenvalue weighted by atomic mass is 32.2. The van der Waals surface area contributed by atoms with E-state index < -0.39 is 70.4 Å². The molecule has 0 spiro atoms. The highest BCUT2D eigenvalue weighted by Gasteiger charge is 2.68. The minimum Gasteiger partial charge on any atom is -0.421 e. The molecule has 1 aromatic carbocycles. The van der Waals surface area contributed by atoms with Gasteiger partial charge in [0, 0.05) is 12.5 Å². The lowest BCUT2D eigenvalue weighted by atomic mass is 10.2. The van der Waals surface area contributed by atoms with Crippen LogP contribution in [0.4, 0.5) is 30.7 Å². The normalized spacial score (nSPS) is 14.8. The molecule has 0 saturated carbocycles. The molecule has 33 heavy (non-hydrogen) atoms. The van der Waals surface area contributed by atoms with E-state index in [-0.39, 0.29) is 6.08 Å². The Kier molecular flexibility index (Phi) is 8.62. The molecule has 0 aromatic heterocycles. The fraction of sp³-hybridized carbons (Fsp3) is 0.412. The molecule has 0 radical (unpaired) electrons. The van der Waals surface area contributed by atoms with Crippen LogP contribution < -0.4 is 4.74 Å². The van der Waals surface area contributed by atoms with Crippen LogP contribution in [0.3, 0.4) is 0 Å². The second-order valence-corrected chi connectivity index (χ2v) is 7.55. The number of carbonyl (C=O) groups excluding carboxylic acids is 2. The second kappa shape index (κ2) is 10.0. The van der Waals surface area contributed by atoms with Crippen molar-refractivity contribution in [2.75, 3.05) is 6.61 Å². The van der Waals surface area contributed by atoms with Crippen molar-refractivity contribution in [2.24, 2.45) is 0 Å². The maximum Gasteiger partial charge on any atom is 0.468 e. The van der Waals surface area contributed by atoms with Gasteiger partial charge in [0.25, 0.3) is 0 Å². The number of hydrogen-bond donors (Lipinski definition) is 1. The van der Waals surface area contributed by atoms with Gasteiger partial charge in [-0.1, -0.05) is 24.8 Å². The number of benzene rings is 1. The number of carbonyl (C=O) groups is 2. The lowest BCUT2D eigenvalue weighted by Crippen LogP contribution is -2.59. The van der Waals surface area contributed by atoms with Gasteiger partial charge in [-0.2, -0.15) is 39.2 Å². The van der Waals surface area contributed by atoms with E-state index in [0.29, 0.717) is 0 Å². The Bertz CT molecular complexity index is 963. The molecular formula is C17H15F7O8S. The van der Waals surface area contributed by atoms with E-state index in [1.54, 1.807) is 0 Å². The first-order chi connectivity index (χ1) is 14.9. The number of hydrogen-bond acceptors (Lipinski definition) is 7. The summed E-state index contributed by atoms with van der Waals surface area (Å²) >= 11 is 0. The maximum absolute atomic E-state index is 13.7. The number of ether oxygens (including phenoxy) is 3. The summed E-state index contributed by atoms with van der Waals surface area (Å²) in [7, 11) is -6.57. The van der Waals surface area contributed by atoms with Crippen LogP contribution in [-0.2, 0) is 29.2 Å². The van der Waals surface area contributed by atoms with Gasteiger partial charge in [-0.25, -0.2) is 9.59 Å². The Morgan fingerprint density at radius 3 is 2.03 bits per heavy atom. The number of para-hydroxylation sites is 1. The van der Waals surface area contributed by atoms with E-state index in [1.807, 2.05) is 0 Å². The highest BCUT2D eigenvalue weighted by Crippen LogP contribution is 2.42. The molecule has 0 heterocycles. The van der Waals surface area contributed by atoms with Gasteiger partial charge in [0.05, 0.1) is 6.61 Å². The first-order valence-electron chi connectivity index (χ1n) is 8.47. The molecule has 8 nitrogen and oxygen atoms in total. The Hall–Kier alpha value is -2.72. The monoisotopic (exact) mass is 512 g/mol. The number of esters is 2. The van der Waals surface area contributed by atoms with Crippen molar-refractivity contribution < 1.29 is 67.5 Å². The number of alkyl halides is 7. The predicted molar refractivity (Wildman–Crippen MR) is 93.8 cm³/mol. The second-order valence-electron chi connectivity index (χ2n) is 6.09. The Morgan fingerprint density at radius 1 is 1.03 bits per heavy atom. The molecule has 0 aliphatic carbocycles. The predicted octanol–water partition coefficient (Wildman–Crippen LogP) is 3.49. The quantitative estimate of drug-likeness (QED) is 0.0912. The van der Waals surface area contributed by atoms with Crippen molar-refractivity contribution >= 4 is 22.1 Å². The Balaban J connectivity index is 3.15. The third-order valence-corrected chi connectivity index (χ3v) is 4.64. The van der Waals surface area contributed by atoms with Crippen LogP contribution in [0.2, 0.25) is 0 Å². The van der Waals surface area contributed by atoms with Crippen molar-refractivity contribution in [3.63, 3.8) is 0 Å². The molecule has 1 N–H and O–H groups in total. The highest BCUT2D eigenvalue weighted by molar-refractivity contribution is 7.87. The summed E-state index contributed by atoms with van der Waals surface area (Å²) in [5.41, 5.74) is 0. The van der Waals surface area contributed by atoms with Crippen LogP contribution in [0.5, 0.6) is 5.75 Å². The van der Waals surface area contributed by atoms with E-state index in [9.17, 15) is 48.7 Å². The molecule has 0 amide bonds. The summed E-state index contributed by atoms with van der Waals surface area (Å²) in [4.78, 5) is 23.7. The summed E-state index contributed by atoms with van der Waals surface area (Å²) in [5, 5.41) is -5.97. The minimum absolute atomic E-state index is 0.209. The van der Waals surface area contributed by atoms with Gasteiger partial charge >= 0.3 is 45.2 Å². The molecule has 1 aromatic rings. The molecule has 0 bridgehead atoms. The molecule has 186 valence electrons. The van der Waals surface area contributed by atoms with Gasteiger partial charge in [-0.3, -0.25) is 4.55 Å². The molecule has 0 aliphatic rings. The SMILES string of the molecule is C=CC(=O)OC(OCCCC(F)(F)C(F)(F)S(=O)(=O)O)(C(=O)Oc1ccccc1)C(F)(F)F. The lowest BCUT2D eigenvalue weighted by Gasteiger charge is -2.32. The molecule has 1 rings (SSSR count).